The number of methoxy groups -OCH3 is 1. The molecule has 0 aromatic carbocycles. The molecule has 4 atom stereocenters. The molecule has 1 aliphatic carbocycles. The van der Waals surface area contributed by atoms with Gasteiger partial charge in [0, 0.05) is 13.0 Å². The highest BCUT2D eigenvalue weighted by Gasteiger charge is 2.42. The lowest BCUT2D eigenvalue weighted by molar-refractivity contribution is -0.00886. The molecule has 9 heteroatoms. The van der Waals surface area contributed by atoms with E-state index in [-0.39, 0.29) is 24.4 Å². The van der Waals surface area contributed by atoms with Crippen LogP contribution >= 0.6 is 12.4 Å². The number of hydrogen-bond acceptors (Lipinski definition) is 7. The molecule has 0 radical (unpaired) electrons. The minimum Gasteiger partial charge on any atom is -0.390 e. The SMILES string of the molecule is COCC1C[C@@H](n2cnc3c(N)ncnc32)[C@H](O)[C@@H]1O.Cl. The van der Waals surface area contributed by atoms with E-state index in [1.807, 2.05) is 0 Å². The Hall–Kier alpha value is -1.48. The summed E-state index contributed by atoms with van der Waals surface area (Å²) in [6.45, 7) is 0.401. The third kappa shape index (κ3) is 2.55. The molecule has 1 unspecified atom stereocenters. The molecular formula is C12H18ClN5O3. The number of nitrogens with zero attached hydrogens (tertiary/aromatic N) is 4. The van der Waals surface area contributed by atoms with E-state index < -0.39 is 12.2 Å². The topological polar surface area (TPSA) is 119 Å². The monoisotopic (exact) mass is 315 g/mol. The van der Waals surface area contributed by atoms with Gasteiger partial charge < -0.3 is 25.3 Å². The highest BCUT2D eigenvalue weighted by molar-refractivity contribution is 5.85. The highest BCUT2D eigenvalue weighted by atomic mass is 35.5. The Labute approximate surface area is 127 Å². The van der Waals surface area contributed by atoms with Crippen LogP contribution in [0.3, 0.4) is 0 Å². The predicted molar refractivity (Wildman–Crippen MR) is 78.0 cm³/mol. The quantitative estimate of drug-likeness (QED) is 0.715. The average molecular weight is 316 g/mol. The number of fused-ring (bicyclic) bond motifs is 1. The van der Waals surface area contributed by atoms with E-state index in [1.165, 1.54) is 6.33 Å². The van der Waals surface area contributed by atoms with Gasteiger partial charge in [-0.2, -0.15) is 0 Å². The zero-order valence-electron chi connectivity index (χ0n) is 11.5. The number of aliphatic hydroxyl groups excluding tert-OH is 2. The molecule has 2 aromatic heterocycles. The lowest BCUT2D eigenvalue weighted by atomic mass is 10.1. The maximum absolute atomic E-state index is 10.2. The summed E-state index contributed by atoms with van der Waals surface area (Å²) in [5.74, 6) is 0.187. The van der Waals surface area contributed by atoms with Crippen LogP contribution in [0, 0.1) is 5.92 Å². The maximum Gasteiger partial charge on any atom is 0.165 e. The fourth-order valence-corrected chi connectivity index (χ4v) is 2.87. The second kappa shape index (κ2) is 6.10. The van der Waals surface area contributed by atoms with E-state index in [0.717, 1.165) is 0 Å². The lowest BCUT2D eigenvalue weighted by Crippen LogP contribution is -2.30. The normalized spacial score (nSPS) is 28.7. The van der Waals surface area contributed by atoms with Crippen LogP contribution in [-0.2, 0) is 4.74 Å². The van der Waals surface area contributed by atoms with Gasteiger partial charge in [-0.05, 0) is 6.42 Å². The van der Waals surface area contributed by atoms with Gasteiger partial charge >= 0.3 is 0 Å². The van der Waals surface area contributed by atoms with E-state index in [9.17, 15) is 10.2 Å². The zero-order valence-corrected chi connectivity index (χ0v) is 12.3. The van der Waals surface area contributed by atoms with Gasteiger partial charge in [-0.1, -0.05) is 0 Å². The first-order chi connectivity index (χ1) is 9.63. The standard InChI is InChI=1S/C12H17N5O3.ClH/c1-20-3-6-2-7(10(19)9(6)18)17-5-16-8-11(13)14-4-15-12(8)17;/h4-7,9-10,18-19H,2-3H2,1H3,(H2,13,14,15);1H/t6?,7-,9-,10+;/m1./s1. The number of nitrogens with two attached hydrogens (primary N) is 1. The van der Waals surface area contributed by atoms with Crippen LogP contribution in [-0.4, -0.2) is 55.7 Å². The molecule has 0 amide bonds. The molecule has 4 N–H and O–H groups in total. The molecule has 2 heterocycles. The van der Waals surface area contributed by atoms with E-state index in [4.69, 9.17) is 10.5 Å². The smallest absolute Gasteiger partial charge is 0.165 e. The van der Waals surface area contributed by atoms with Gasteiger partial charge in [0.15, 0.2) is 11.5 Å². The third-order valence-electron chi connectivity index (χ3n) is 3.90. The molecule has 0 saturated heterocycles. The van der Waals surface area contributed by atoms with Gasteiger partial charge in [0.2, 0.25) is 0 Å². The molecule has 21 heavy (non-hydrogen) atoms. The molecule has 1 saturated carbocycles. The molecule has 2 aromatic rings. The van der Waals surface area contributed by atoms with Crippen molar-refractivity contribution in [3.05, 3.63) is 12.7 Å². The van der Waals surface area contributed by atoms with Gasteiger partial charge in [0.25, 0.3) is 0 Å². The third-order valence-corrected chi connectivity index (χ3v) is 3.90. The van der Waals surface area contributed by atoms with Crippen molar-refractivity contribution >= 4 is 29.4 Å². The maximum atomic E-state index is 10.2. The number of aromatic nitrogens is 4. The predicted octanol–water partition coefficient (Wildman–Crippen LogP) is -0.241. The Morgan fingerprint density at radius 1 is 1.33 bits per heavy atom. The Morgan fingerprint density at radius 2 is 2.10 bits per heavy atom. The molecule has 1 aliphatic rings. The number of anilines is 1. The number of aliphatic hydroxyl groups is 2. The molecule has 3 rings (SSSR count). The van der Waals surface area contributed by atoms with E-state index >= 15 is 0 Å². The van der Waals surface area contributed by atoms with E-state index in [2.05, 4.69) is 15.0 Å². The molecule has 0 spiro atoms. The summed E-state index contributed by atoms with van der Waals surface area (Å²) in [7, 11) is 1.58. The van der Waals surface area contributed by atoms with Gasteiger partial charge in [-0.25, -0.2) is 15.0 Å². The van der Waals surface area contributed by atoms with Crippen LogP contribution in [0.4, 0.5) is 5.82 Å². The number of nitrogen functional groups attached to an aromatic ring is 1. The summed E-state index contributed by atoms with van der Waals surface area (Å²) in [5.41, 5.74) is 6.81. The number of ether oxygens (including phenoxy) is 1. The summed E-state index contributed by atoms with van der Waals surface area (Å²) >= 11 is 0. The van der Waals surface area contributed by atoms with Crippen molar-refractivity contribution in [2.45, 2.75) is 24.7 Å². The van der Waals surface area contributed by atoms with Crippen LogP contribution in [0.1, 0.15) is 12.5 Å². The minimum atomic E-state index is -0.885. The van der Waals surface area contributed by atoms with Crippen molar-refractivity contribution < 1.29 is 14.9 Å². The fourth-order valence-electron chi connectivity index (χ4n) is 2.87. The molecule has 0 bridgehead atoms. The van der Waals surface area contributed by atoms with Crippen molar-refractivity contribution in [1.29, 1.82) is 0 Å². The fraction of sp³-hybridized carbons (Fsp3) is 0.583. The number of halogens is 1. The zero-order chi connectivity index (χ0) is 14.3. The van der Waals surface area contributed by atoms with Crippen LogP contribution in [0.5, 0.6) is 0 Å². The van der Waals surface area contributed by atoms with Gasteiger partial charge in [0.1, 0.15) is 17.9 Å². The van der Waals surface area contributed by atoms with E-state index in [0.29, 0.717) is 30.0 Å². The van der Waals surface area contributed by atoms with Crippen LogP contribution in [0.15, 0.2) is 12.7 Å². The molecular weight excluding hydrogens is 298 g/mol. The van der Waals surface area contributed by atoms with Crippen molar-refractivity contribution in [3.63, 3.8) is 0 Å². The second-order valence-electron chi connectivity index (χ2n) is 5.08. The summed E-state index contributed by atoms with van der Waals surface area (Å²) in [4.78, 5) is 12.2. The Balaban J connectivity index is 0.00000161. The largest absolute Gasteiger partial charge is 0.390 e. The Morgan fingerprint density at radius 3 is 2.81 bits per heavy atom. The minimum absolute atomic E-state index is 0. The van der Waals surface area contributed by atoms with Crippen LogP contribution in [0.25, 0.3) is 11.2 Å². The number of imidazole rings is 1. The molecule has 1 fully saturated rings. The van der Waals surface area contributed by atoms with Gasteiger partial charge in [-0.15, -0.1) is 12.4 Å². The first-order valence-electron chi connectivity index (χ1n) is 6.41. The molecule has 0 aliphatic heterocycles. The summed E-state index contributed by atoms with van der Waals surface area (Å²) < 4.78 is 6.82. The van der Waals surface area contributed by atoms with Crippen molar-refractivity contribution in [1.82, 2.24) is 19.5 Å². The van der Waals surface area contributed by atoms with Crippen LogP contribution < -0.4 is 5.73 Å². The Bertz CT molecular complexity index is 622. The van der Waals surface area contributed by atoms with Crippen molar-refractivity contribution in [2.75, 3.05) is 19.5 Å². The summed E-state index contributed by atoms with van der Waals surface area (Å²) in [6, 6.07) is -0.301. The molecule has 8 nitrogen and oxygen atoms in total. The van der Waals surface area contributed by atoms with E-state index in [1.54, 1.807) is 18.0 Å². The van der Waals surface area contributed by atoms with Crippen molar-refractivity contribution in [2.24, 2.45) is 5.92 Å². The molecule has 116 valence electrons. The lowest BCUT2D eigenvalue weighted by Gasteiger charge is -2.18. The summed E-state index contributed by atoms with van der Waals surface area (Å²) in [5, 5.41) is 20.3. The Kier molecular flexibility index (Phi) is 4.62. The first-order valence-corrected chi connectivity index (χ1v) is 6.41. The first kappa shape index (κ1) is 15.9. The van der Waals surface area contributed by atoms with Crippen molar-refractivity contribution in [3.8, 4) is 0 Å². The summed E-state index contributed by atoms with van der Waals surface area (Å²) in [6.07, 6.45) is 1.82. The van der Waals surface area contributed by atoms with Gasteiger partial charge in [-0.3, -0.25) is 0 Å². The number of hydrogen-bond donors (Lipinski definition) is 3. The van der Waals surface area contributed by atoms with Crippen LogP contribution in [0.2, 0.25) is 0 Å². The number of rotatable bonds is 3. The van der Waals surface area contributed by atoms with Gasteiger partial charge in [0.05, 0.1) is 25.1 Å². The average Bonchev–Trinajstić information content (AvgIpc) is 2.97. The second-order valence-corrected chi connectivity index (χ2v) is 5.08. The highest BCUT2D eigenvalue weighted by Crippen LogP contribution is 2.37.